The number of carbonyl (C=O) groups excluding carboxylic acids is 1. The molecule has 0 bridgehead atoms. The zero-order valence-electron chi connectivity index (χ0n) is 12.9. The van der Waals surface area contributed by atoms with Gasteiger partial charge in [0.2, 0.25) is 5.91 Å². The summed E-state index contributed by atoms with van der Waals surface area (Å²) in [6.07, 6.45) is 4.25. The minimum Gasteiger partial charge on any atom is -0.375 e. The van der Waals surface area contributed by atoms with Crippen molar-refractivity contribution in [2.75, 3.05) is 6.61 Å². The van der Waals surface area contributed by atoms with Crippen LogP contribution in [0.5, 0.6) is 0 Å². The highest BCUT2D eigenvalue weighted by molar-refractivity contribution is 7.80. The summed E-state index contributed by atoms with van der Waals surface area (Å²) in [5.41, 5.74) is 0.971. The van der Waals surface area contributed by atoms with E-state index in [2.05, 4.69) is 31.8 Å². The number of hydrogen-bond donors (Lipinski definition) is 2. The van der Waals surface area contributed by atoms with Gasteiger partial charge in [-0.15, -0.1) is 12.6 Å². The van der Waals surface area contributed by atoms with Crippen LogP contribution in [0, 0.1) is 0 Å². The molecule has 0 aliphatic carbocycles. The minimum absolute atomic E-state index is 0.0517. The molecule has 1 amide bonds. The molecular formula is C17H25NO2S. The number of thiol groups is 1. The monoisotopic (exact) mass is 307 g/mol. The van der Waals surface area contributed by atoms with Crippen LogP contribution in [0.15, 0.2) is 29.2 Å². The number of nitrogens with one attached hydrogen (secondary N) is 1. The number of carbonyl (C=O) groups is 1. The molecule has 1 heterocycles. The van der Waals surface area contributed by atoms with Crippen LogP contribution >= 0.6 is 12.6 Å². The summed E-state index contributed by atoms with van der Waals surface area (Å²) in [6, 6.07) is 7.97. The van der Waals surface area contributed by atoms with Crippen LogP contribution in [-0.2, 0) is 16.0 Å². The smallest absolute Gasteiger partial charge is 0.224 e. The summed E-state index contributed by atoms with van der Waals surface area (Å²) in [5.74, 6) is 0.0925. The summed E-state index contributed by atoms with van der Waals surface area (Å²) >= 11 is 4.25. The van der Waals surface area contributed by atoms with E-state index in [9.17, 15) is 4.79 Å². The van der Waals surface area contributed by atoms with Crippen molar-refractivity contribution in [1.29, 1.82) is 0 Å². The number of benzene rings is 1. The third kappa shape index (κ3) is 4.48. The molecule has 2 rings (SSSR count). The van der Waals surface area contributed by atoms with Crippen LogP contribution in [0.1, 0.15) is 45.1 Å². The third-order valence-electron chi connectivity index (χ3n) is 4.45. The van der Waals surface area contributed by atoms with Crippen molar-refractivity contribution in [3.05, 3.63) is 29.8 Å². The summed E-state index contributed by atoms with van der Waals surface area (Å²) in [6.45, 7) is 5.06. The number of amides is 1. The molecule has 1 aliphatic heterocycles. The molecule has 1 saturated heterocycles. The average Bonchev–Trinajstić information content (AvgIpc) is 2.49. The lowest BCUT2D eigenvalue weighted by Gasteiger charge is -2.40. The topological polar surface area (TPSA) is 38.3 Å². The Morgan fingerprint density at radius 2 is 2.00 bits per heavy atom. The molecule has 1 aromatic carbocycles. The summed E-state index contributed by atoms with van der Waals surface area (Å²) in [5, 5.41) is 3.17. The molecule has 1 unspecified atom stereocenters. The summed E-state index contributed by atoms with van der Waals surface area (Å²) < 4.78 is 5.95. The maximum Gasteiger partial charge on any atom is 0.224 e. The van der Waals surface area contributed by atoms with Crippen LogP contribution < -0.4 is 5.32 Å². The molecule has 1 fully saturated rings. The lowest BCUT2D eigenvalue weighted by Crippen LogP contribution is -2.48. The zero-order valence-corrected chi connectivity index (χ0v) is 13.8. The Hall–Kier alpha value is -1.00. The van der Waals surface area contributed by atoms with Crippen molar-refractivity contribution in [1.82, 2.24) is 5.32 Å². The molecule has 3 nitrogen and oxygen atoms in total. The van der Waals surface area contributed by atoms with Gasteiger partial charge in [-0.25, -0.2) is 0 Å². The van der Waals surface area contributed by atoms with E-state index in [-0.39, 0.29) is 17.6 Å². The number of hydrogen-bond acceptors (Lipinski definition) is 3. The van der Waals surface area contributed by atoms with Gasteiger partial charge in [-0.2, -0.15) is 0 Å². The Morgan fingerprint density at radius 1 is 1.33 bits per heavy atom. The van der Waals surface area contributed by atoms with Crippen LogP contribution in [0.4, 0.5) is 0 Å². The molecule has 1 aliphatic rings. The standard InChI is InChI=1S/C17H25NO2S/c1-3-17(4-2)12-14(9-10-20-17)18-16(19)11-13-5-7-15(21)8-6-13/h5-8,14,21H,3-4,9-12H2,1-2H3,(H,18,19). The lowest BCUT2D eigenvalue weighted by atomic mass is 9.86. The van der Waals surface area contributed by atoms with E-state index in [0.717, 1.165) is 42.7 Å². The SMILES string of the molecule is CCC1(CC)CC(NC(=O)Cc2ccc(S)cc2)CCO1. The van der Waals surface area contributed by atoms with E-state index in [1.165, 1.54) is 0 Å². The fourth-order valence-electron chi connectivity index (χ4n) is 2.97. The van der Waals surface area contributed by atoms with Gasteiger partial charge in [0.25, 0.3) is 0 Å². The van der Waals surface area contributed by atoms with Crippen LogP contribution in [0.25, 0.3) is 0 Å². The lowest BCUT2D eigenvalue weighted by molar-refractivity contribution is -0.125. The van der Waals surface area contributed by atoms with Crippen molar-refractivity contribution in [3.63, 3.8) is 0 Å². The van der Waals surface area contributed by atoms with Crippen molar-refractivity contribution in [3.8, 4) is 0 Å². The molecule has 0 radical (unpaired) electrons. The Kier molecular flexibility index (Phi) is 5.71. The van der Waals surface area contributed by atoms with E-state index in [4.69, 9.17) is 4.74 Å². The van der Waals surface area contributed by atoms with E-state index in [0.29, 0.717) is 6.42 Å². The third-order valence-corrected chi connectivity index (χ3v) is 4.75. The first-order valence-electron chi connectivity index (χ1n) is 7.78. The molecule has 4 heteroatoms. The number of ether oxygens (including phenoxy) is 1. The minimum atomic E-state index is -0.0517. The molecule has 21 heavy (non-hydrogen) atoms. The van der Waals surface area contributed by atoms with E-state index < -0.39 is 0 Å². The van der Waals surface area contributed by atoms with E-state index >= 15 is 0 Å². The van der Waals surface area contributed by atoms with Crippen LogP contribution in [0.3, 0.4) is 0 Å². The molecular weight excluding hydrogens is 282 g/mol. The van der Waals surface area contributed by atoms with Crippen molar-refractivity contribution in [2.45, 2.75) is 62.5 Å². The Labute approximate surface area is 132 Å². The van der Waals surface area contributed by atoms with Crippen molar-refractivity contribution < 1.29 is 9.53 Å². The molecule has 0 saturated carbocycles. The second kappa shape index (κ2) is 7.32. The summed E-state index contributed by atoms with van der Waals surface area (Å²) in [4.78, 5) is 13.1. The van der Waals surface area contributed by atoms with Crippen LogP contribution in [0.2, 0.25) is 0 Å². The fraction of sp³-hybridized carbons (Fsp3) is 0.588. The zero-order chi connectivity index (χ0) is 15.3. The molecule has 1 N–H and O–H groups in total. The summed E-state index contributed by atoms with van der Waals surface area (Å²) in [7, 11) is 0. The number of rotatable bonds is 5. The Balaban J connectivity index is 1.88. The highest BCUT2D eigenvalue weighted by Gasteiger charge is 2.34. The first kappa shape index (κ1) is 16.4. The normalized spacial score (nSPS) is 21.0. The second-order valence-corrected chi connectivity index (χ2v) is 6.36. The van der Waals surface area contributed by atoms with Gasteiger partial charge in [-0.3, -0.25) is 4.79 Å². The first-order chi connectivity index (χ1) is 10.1. The fourth-order valence-corrected chi connectivity index (χ4v) is 3.12. The maximum atomic E-state index is 12.2. The van der Waals surface area contributed by atoms with Gasteiger partial charge in [0.1, 0.15) is 0 Å². The van der Waals surface area contributed by atoms with Crippen molar-refractivity contribution >= 4 is 18.5 Å². The van der Waals surface area contributed by atoms with E-state index in [1.807, 2.05) is 24.3 Å². The quantitative estimate of drug-likeness (QED) is 0.819. The van der Waals surface area contributed by atoms with Gasteiger partial charge in [0.05, 0.1) is 12.0 Å². The maximum absolute atomic E-state index is 12.2. The van der Waals surface area contributed by atoms with Gasteiger partial charge in [-0.1, -0.05) is 26.0 Å². The second-order valence-electron chi connectivity index (χ2n) is 5.84. The van der Waals surface area contributed by atoms with Gasteiger partial charge in [0.15, 0.2) is 0 Å². The average molecular weight is 307 g/mol. The van der Waals surface area contributed by atoms with E-state index in [1.54, 1.807) is 0 Å². The van der Waals surface area contributed by atoms with Gasteiger partial charge in [0, 0.05) is 17.5 Å². The van der Waals surface area contributed by atoms with Gasteiger partial charge in [-0.05, 0) is 43.4 Å². The van der Waals surface area contributed by atoms with Crippen LogP contribution in [-0.4, -0.2) is 24.2 Å². The molecule has 1 aromatic rings. The van der Waals surface area contributed by atoms with Crippen molar-refractivity contribution in [2.24, 2.45) is 0 Å². The molecule has 116 valence electrons. The highest BCUT2D eigenvalue weighted by Crippen LogP contribution is 2.31. The largest absolute Gasteiger partial charge is 0.375 e. The highest BCUT2D eigenvalue weighted by atomic mass is 32.1. The Morgan fingerprint density at radius 3 is 2.62 bits per heavy atom. The molecule has 1 atom stereocenters. The molecule has 0 spiro atoms. The predicted molar refractivity (Wildman–Crippen MR) is 87.8 cm³/mol. The first-order valence-corrected chi connectivity index (χ1v) is 8.23. The van der Waals surface area contributed by atoms with Gasteiger partial charge >= 0.3 is 0 Å². The predicted octanol–water partition coefficient (Wildman–Crippen LogP) is 3.37. The molecule has 0 aromatic heterocycles. The van der Waals surface area contributed by atoms with Gasteiger partial charge < -0.3 is 10.1 Å². The Bertz CT molecular complexity index is 468.